The summed E-state index contributed by atoms with van der Waals surface area (Å²) in [6, 6.07) is 0.636. The molecule has 2 fully saturated rings. The van der Waals surface area contributed by atoms with Crippen molar-refractivity contribution in [2.75, 3.05) is 13.1 Å². The highest BCUT2D eigenvalue weighted by atomic mass is 16.2. The molecule has 0 aromatic heterocycles. The zero-order valence-corrected chi connectivity index (χ0v) is 10.1. The van der Waals surface area contributed by atoms with Crippen LogP contribution >= 0.6 is 0 Å². The molecule has 1 aliphatic carbocycles. The average molecular weight is 225 g/mol. The Balaban J connectivity index is 1.79. The van der Waals surface area contributed by atoms with Crippen LogP contribution < -0.4 is 11.1 Å². The summed E-state index contributed by atoms with van der Waals surface area (Å²) in [5, 5.41) is 3.13. The number of carbonyl (C=O) groups is 1. The van der Waals surface area contributed by atoms with E-state index in [4.69, 9.17) is 5.73 Å². The van der Waals surface area contributed by atoms with Gasteiger partial charge in [0.2, 0.25) is 0 Å². The number of likely N-dealkylation sites (tertiary alicyclic amines) is 1. The predicted molar refractivity (Wildman–Crippen MR) is 64.1 cm³/mol. The summed E-state index contributed by atoms with van der Waals surface area (Å²) in [7, 11) is 0. The van der Waals surface area contributed by atoms with Crippen molar-refractivity contribution < 1.29 is 4.79 Å². The Morgan fingerprint density at radius 3 is 2.50 bits per heavy atom. The number of nitrogens with two attached hydrogens (primary N) is 1. The number of nitrogens with one attached hydrogen (secondary N) is 1. The van der Waals surface area contributed by atoms with Gasteiger partial charge in [-0.15, -0.1) is 0 Å². The smallest absolute Gasteiger partial charge is 0.317 e. The van der Waals surface area contributed by atoms with Gasteiger partial charge in [-0.25, -0.2) is 4.79 Å². The lowest BCUT2D eigenvalue weighted by Gasteiger charge is -2.26. The molecule has 2 atom stereocenters. The molecule has 1 aliphatic heterocycles. The Bertz CT molecular complexity index is 241. The molecule has 1 saturated heterocycles. The first kappa shape index (κ1) is 11.7. The largest absolute Gasteiger partial charge is 0.335 e. The van der Waals surface area contributed by atoms with Crippen molar-refractivity contribution in [3.8, 4) is 0 Å². The predicted octanol–water partition coefficient (Wildman–Crippen LogP) is 1.31. The van der Waals surface area contributed by atoms with Crippen molar-refractivity contribution in [1.82, 2.24) is 10.2 Å². The van der Waals surface area contributed by atoms with Gasteiger partial charge >= 0.3 is 6.03 Å². The number of rotatable bonds is 1. The van der Waals surface area contributed by atoms with Gasteiger partial charge in [-0.3, -0.25) is 0 Å². The summed E-state index contributed by atoms with van der Waals surface area (Å²) in [6.07, 6.45) is 6.10. The highest BCUT2D eigenvalue weighted by molar-refractivity contribution is 5.75. The second-order valence-corrected chi connectivity index (χ2v) is 5.33. The first-order chi connectivity index (χ1) is 7.66. The Labute approximate surface area is 97.6 Å². The molecule has 2 rings (SSSR count). The molecule has 2 unspecified atom stereocenters. The van der Waals surface area contributed by atoms with Crippen molar-refractivity contribution in [1.29, 1.82) is 0 Å². The maximum atomic E-state index is 12.0. The minimum atomic E-state index is 0.0895. The molecule has 3 N–H and O–H groups in total. The first-order valence-corrected chi connectivity index (χ1v) is 6.48. The maximum Gasteiger partial charge on any atom is 0.317 e. The monoisotopic (exact) mass is 225 g/mol. The molecule has 0 aromatic carbocycles. The molecule has 2 aliphatic rings. The molecule has 0 aromatic rings. The lowest BCUT2D eigenvalue weighted by molar-refractivity contribution is 0.199. The SMILES string of the molecule is CC1CN(C(=O)NC2CCCCC2)CC1N. The quantitative estimate of drug-likeness (QED) is 0.707. The molecule has 4 heteroatoms. The average Bonchev–Trinajstić information content (AvgIpc) is 2.61. The highest BCUT2D eigenvalue weighted by Crippen LogP contribution is 2.19. The molecule has 1 saturated carbocycles. The van der Waals surface area contributed by atoms with Gasteiger partial charge in [0.05, 0.1) is 0 Å². The summed E-state index contributed by atoms with van der Waals surface area (Å²) in [5.74, 6) is 0.428. The van der Waals surface area contributed by atoms with Gasteiger partial charge in [0.25, 0.3) is 0 Å². The molecule has 0 spiro atoms. The molecule has 2 amide bonds. The van der Waals surface area contributed by atoms with E-state index in [-0.39, 0.29) is 12.1 Å². The second kappa shape index (κ2) is 5.04. The second-order valence-electron chi connectivity index (χ2n) is 5.33. The summed E-state index contributed by atoms with van der Waals surface area (Å²) < 4.78 is 0. The van der Waals surface area contributed by atoms with E-state index in [2.05, 4.69) is 12.2 Å². The van der Waals surface area contributed by atoms with Crippen molar-refractivity contribution in [3.63, 3.8) is 0 Å². The fraction of sp³-hybridized carbons (Fsp3) is 0.917. The van der Waals surface area contributed by atoms with Gasteiger partial charge < -0.3 is 16.0 Å². The number of nitrogens with zero attached hydrogens (tertiary/aromatic N) is 1. The lowest BCUT2D eigenvalue weighted by atomic mass is 9.96. The van der Waals surface area contributed by atoms with Crippen LogP contribution in [0.1, 0.15) is 39.0 Å². The van der Waals surface area contributed by atoms with E-state index in [1.54, 1.807) is 0 Å². The molecule has 92 valence electrons. The molecule has 0 radical (unpaired) electrons. The van der Waals surface area contributed by atoms with E-state index in [1.165, 1.54) is 19.3 Å². The van der Waals surface area contributed by atoms with Crippen LogP contribution in [0, 0.1) is 5.92 Å². The lowest BCUT2D eigenvalue weighted by Crippen LogP contribution is -2.45. The molecular weight excluding hydrogens is 202 g/mol. The standard InChI is InChI=1S/C12H23N3O/c1-9-7-15(8-11(9)13)12(16)14-10-5-3-2-4-6-10/h9-11H,2-8,13H2,1H3,(H,14,16). The maximum absolute atomic E-state index is 12.0. The Morgan fingerprint density at radius 1 is 1.25 bits per heavy atom. The van der Waals surface area contributed by atoms with Crippen molar-refractivity contribution in [3.05, 3.63) is 0 Å². The van der Waals surface area contributed by atoms with Gasteiger partial charge in [0.15, 0.2) is 0 Å². The molecule has 1 heterocycles. The normalized spacial score (nSPS) is 31.8. The zero-order valence-electron chi connectivity index (χ0n) is 10.1. The van der Waals surface area contributed by atoms with E-state index in [0.29, 0.717) is 18.5 Å². The summed E-state index contributed by atoms with van der Waals surface area (Å²) in [5.41, 5.74) is 5.92. The van der Waals surface area contributed by atoms with Crippen molar-refractivity contribution in [2.24, 2.45) is 11.7 Å². The Kier molecular flexibility index (Phi) is 3.69. The Hall–Kier alpha value is -0.770. The van der Waals surface area contributed by atoms with Gasteiger partial charge in [-0.05, 0) is 18.8 Å². The van der Waals surface area contributed by atoms with Gasteiger partial charge in [-0.1, -0.05) is 26.2 Å². The van der Waals surface area contributed by atoms with Crippen LogP contribution in [0.5, 0.6) is 0 Å². The minimum absolute atomic E-state index is 0.0895. The topological polar surface area (TPSA) is 58.4 Å². The van der Waals surface area contributed by atoms with Crippen molar-refractivity contribution >= 4 is 6.03 Å². The number of urea groups is 1. The van der Waals surface area contributed by atoms with Crippen LogP contribution in [0.2, 0.25) is 0 Å². The van der Waals surface area contributed by atoms with Gasteiger partial charge in [-0.2, -0.15) is 0 Å². The number of carbonyl (C=O) groups excluding carboxylic acids is 1. The van der Waals surface area contributed by atoms with E-state index in [1.807, 2.05) is 4.90 Å². The summed E-state index contributed by atoms with van der Waals surface area (Å²) in [4.78, 5) is 13.8. The fourth-order valence-corrected chi connectivity index (χ4v) is 2.67. The van der Waals surface area contributed by atoms with E-state index in [0.717, 1.165) is 19.4 Å². The number of hydrogen-bond acceptors (Lipinski definition) is 2. The van der Waals surface area contributed by atoms with Crippen LogP contribution in [0.15, 0.2) is 0 Å². The van der Waals surface area contributed by atoms with Crippen LogP contribution in [-0.4, -0.2) is 36.1 Å². The van der Waals surface area contributed by atoms with Gasteiger partial charge in [0.1, 0.15) is 0 Å². The van der Waals surface area contributed by atoms with E-state index >= 15 is 0 Å². The third-order valence-electron chi connectivity index (χ3n) is 3.89. The van der Waals surface area contributed by atoms with E-state index in [9.17, 15) is 4.79 Å². The molecule has 16 heavy (non-hydrogen) atoms. The van der Waals surface area contributed by atoms with Crippen LogP contribution in [0.4, 0.5) is 4.79 Å². The summed E-state index contributed by atoms with van der Waals surface area (Å²) in [6.45, 7) is 3.62. The van der Waals surface area contributed by atoms with Crippen LogP contribution in [0.3, 0.4) is 0 Å². The fourth-order valence-electron chi connectivity index (χ4n) is 2.67. The van der Waals surface area contributed by atoms with Crippen LogP contribution in [0.25, 0.3) is 0 Å². The minimum Gasteiger partial charge on any atom is -0.335 e. The molecule has 0 bridgehead atoms. The first-order valence-electron chi connectivity index (χ1n) is 6.48. The molecule has 4 nitrogen and oxygen atoms in total. The number of hydrogen-bond donors (Lipinski definition) is 2. The summed E-state index contributed by atoms with van der Waals surface area (Å²) >= 11 is 0. The third-order valence-corrected chi connectivity index (χ3v) is 3.89. The van der Waals surface area contributed by atoms with E-state index < -0.39 is 0 Å². The molecular formula is C12H23N3O. The van der Waals surface area contributed by atoms with Crippen molar-refractivity contribution in [2.45, 2.75) is 51.1 Å². The van der Waals surface area contributed by atoms with Gasteiger partial charge in [0, 0.05) is 25.2 Å². The number of amides is 2. The van der Waals surface area contributed by atoms with Crippen LogP contribution in [-0.2, 0) is 0 Å². The highest BCUT2D eigenvalue weighted by Gasteiger charge is 2.30. The Morgan fingerprint density at radius 2 is 1.94 bits per heavy atom. The zero-order chi connectivity index (χ0) is 11.5. The third kappa shape index (κ3) is 2.67.